The quantitative estimate of drug-likeness (QED) is 0.788. The highest BCUT2D eigenvalue weighted by Gasteiger charge is 2.28. The molecule has 1 aliphatic rings. The van der Waals surface area contributed by atoms with Crippen molar-refractivity contribution in [1.82, 2.24) is 9.21 Å². The summed E-state index contributed by atoms with van der Waals surface area (Å²) in [6.45, 7) is 6.01. The lowest BCUT2D eigenvalue weighted by Gasteiger charge is -2.33. The minimum atomic E-state index is -3.32. The lowest BCUT2D eigenvalue weighted by molar-refractivity contribution is 0.159. The van der Waals surface area contributed by atoms with Gasteiger partial charge in [0.1, 0.15) is 16.6 Å². The summed E-state index contributed by atoms with van der Waals surface area (Å²) in [5.74, 6) is 0.875. The number of ether oxygens (including phenoxy) is 1. The second-order valence-electron chi connectivity index (χ2n) is 5.84. The molecule has 0 N–H and O–H groups in total. The van der Waals surface area contributed by atoms with Crippen molar-refractivity contribution in [2.24, 2.45) is 0 Å². The molecule has 7 heteroatoms. The molecule has 2 aromatic rings. The largest absolute Gasteiger partial charge is 0.492 e. The van der Waals surface area contributed by atoms with Crippen LogP contribution in [-0.2, 0) is 10.0 Å². The molecule has 1 aromatic carbocycles. The minimum absolute atomic E-state index is 0.429. The molecule has 3 rings (SSSR count). The molecule has 0 unspecified atom stereocenters. The Morgan fingerprint density at radius 3 is 2.42 bits per heavy atom. The van der Waals surface area contributed by atoms with Crippen molar-refractivity contribution in [2.75, 3.05) is 39.3 Å². The van der Waals surface area contributed by atoms with Gasteiger partial charge in [0.05, 0.1) is 0 Å². The van der Waals surface area contributed by atoms with Gasteiger partial charge in [-0.2, -0.15) is 4.31 Å². The molecule has 24 heavy (non-hydrogen) atoms. The van der Waals surface area contributed by atoms with Gasteiger partial charge in [0, 0.05) is 32.7 Å². The number of benzene rings is 1. The van der Waals surface area contributed by atoms with E-state index in [2.05, 4.69) is 4.90 Å². The zero-order valence-corrected chi connectivity index (χ0v) is 15.4. The van der Waals surface area contributed by atoms with Crippen LogP contribution in [0.5, 0.6) is 5.75 Å². The Bertz CT molecular complexity index is 735. The van der Waals surface area contributed by atoms with Crippen LogP contribution in [0.3, 0.4) is 0 Å². The maximum Gasteiger partial charge on any atom is 0.252 e. The van der Waals surface area contributed by atoms with E-state index in [4.69, 9.17) is 4.74 Å². The highest BCUT2D eigenvalue weighted by atomic mass is 32.2. The summed E-state index contributed by atoms with van der Waals surface area (Å²) in [6, 6.07) is 11.5. The van der Waals surface area contributed by atoms with Crippen molar-refractivity contribution in [3.63, 3.8) is 0 Å². The fourth-order valence-electron chi connectivity index (χ4n) is 2.66. The van der Waals surface area contributed by atoms with E-state index in [0.717, 1.165) is 25.4 Å². The van der Waals surface area contributed by atoms with Gasteiger partial charge in [0.2, 0.25) is 0 Å². The molecule has 0 atom stereocenters. The normalized spacial score (nSPS) is 17.0. The first-order valence-corrected chi connectivity index (χ1v) is 10.3. The van der Waals surface area contributed by atoms with E-state index in [1.54, 1.807) is 21.8 Å². The number of hydrogen-bond donors (Lipinski definition) is 0. The smallest absolute Gasteiger partial charge is 0.252 e. The summed E-state index contributed by atoms with van der Waals surface area (Å²) in [6.07, 6.45) is 0. The average Bonchev–Trinajstić information content (AvgIpc) is 3.13. The molecule has 1 aliphatic heterocycles. The van der Waals surface area contributed by atoms with Crippen LogP contribution in [0.25, 0.3) is 0 Å². The van der Waals surface area contributed by atoms with Crippen LogP contribution < -0.4 is 4.74 Å². The summed E-state index contributed by atoms with van der Waals surface area (Å²) in [7, 11) is -3.32. The zero-order valence-electron chi connectivity index (χ0n) is 13.7. The van der Waals surface area contributed by atoms with Crippen LogP contribution in [0.2, 0.25) is 0 Å². The Labute approximate surface area is 147 Å². The van der Waals surface area contributed by atoms with Gasteiger partial charge >= 0.3 is 0 Å². The van der Waals surface area contributed by atoms with Crippen LogP contribution in [0.4, 0.5) is 0 Å². The molecule has 1 fully saturated rings. The Balaban J connectivity index is 1.45. The van der Waals surface area contributed by atoms with E-state index in [0.29, 0.717) is 23.9 Å². The van der Waals surface area contributed by atoms with Gasteiger partial charge in [-0.05, 0) is 30.5 Å². The van der Waals surface area contributed by atoms with Crippen molar-refractivity contribution >= 4 is 21.4 Å². The highest BCUT2D eigenvalue weighted by Crippen LogP contribution is 2.22. The lowest BCUT2D eigenvalue weighted by atomic mass is 10.2. The van der Waals surface area contributed by atoms with Crippen LogP contribution in [0.1, 0.15) is 5.56 Å². The molecule has 2 heterocycles. The molecule has 0 bridgehead atoms. The standard InChI is InChI=1S/C17H22N2O3S2/c1-15-4-6-16(7-5-15)22-13-12-18-8-10-19(11-9-18)24(20,21)17-3-2-14-23-17/h2-7,14H,8-13H2,1H3. The molecule has 130 valence electrons. The van der Waals surface area contributed by atoms with E-state index < -0.39 is 10.0 Å². The SMILES string of the molecule is Cc1ccc(OCCN2CCN(S(=O)(=O)c3cccs3)CC2)cc1. The summed E-state index contributed by atoms with van der Waals surface area (Å²) < 4.78 is 32.7. The molecule has 1 aromatic heterocycles. The molecule has 5 nitrogen and oxygen atoms in total. The Morgan fingerprint density at radius 2 is 1.79 bits per heavy atom. The first-order chi connectivity index (χ1) is 11.6. The molecule has 0 spiro atoms. The van der Waals surface area contributed by atoms with Crippen LogP contribution in [0, 0.1) is 6.92 Å². The Kier molecular flexibility index (Phi) is 5.55. The van der Waals surface area contributed by atoms with E-state index in [1.807, 2.05) is 31.2 Å². The number of aryl methyl sites for hydroxylation is 1. The van der Waals surface area contributed by atoms with Gasteiger partial charge in [0.25, 0.3) is 10.0 Å². The fraction of sp³-hybridized carbons (Fsp3) is 0.412. The lowest BCUT2D eigenvalue weighted by Crippen LogP contribution is -2.49. The van der Waals surface area contributed by atoms with Crippen LogP contribution in [0.15, 0.2) is 46.0 Å². The second-order valence-corrected chi connectivity index (χ2v) is 8.95. The van der Waals surface area contributed by atoms with Crippen LogP contribution in [-0.4, -0.2) is 57.0 Å². The number of rotatable bonds is 6. The molecule has 1 saturated heterocycles. The van der Waals surface area contributed by atoms with Gasteiger partial charge in [-0.15, -0.1) is 11.3 Å². The number of thiophene rings is 1. The van der Waals surface area contributed by atoms with Gasteiger partial charge in [-0.1, -0.05) is 23.8 Å². The maximum atomic E-state index is 12.5. The number of hydrogen-bond acceptors (Lipinski definition) is 5. The number of sulfonamides is 1. The average molecular weight is 367 g/mol. The van der Waals surface area contributed by atoms with E-state index in [9.17, 15) is 8.42 Å². The zero-order chi connectivity index (χ0) is 17.0. The van der Waals surface area contributed by atoms with E-state index in [1.165, 1.54) is 16.9 Å². The molecular formula is C17H22N2O3S2. The molecule has 0 amide bonds. The highest BCUT2D eigenvalue weighted by molar-refractivity contribution is 7.91. The first kappa shape index (κ1) is 17.4. The van der Waals surface area contributed by atoms with Gasteiger partial charge in [-0.25, -0.2) is 8.42 Å². The molecule has 0 saturated carbocycles. The van der Waals surface area contributed by atoms with Crippen molar-refractivity contribution in [1.29, 1.82) is 0 Å². The Morgan fingerprint density at radius 1 is 1.08 bits per heavy atom. The first-order valence-electron chi connectivity index (χ1n) is 8.01. The summed E-state index contributed by atoms with van der Waals surface area (Å²) in [5, 5.41) is 1.80. The number of nitrogens with zero attached hydrogens (tertiary/aromatic N) is 2. The van der Waals surface area contributed by atoms with E-state index in [-0.39, 0.29) is 0 Å². The molecule has 0 radical (unpaired) electrons. The van der Waals surface area contributed by atoms with Crippen LogP contribution >= 0.6 is 11.3 Å². The third-order valence-corrected chi connectivity index (χ3v) is 7.39. The molecule has 0 aliphatic carbocycles. The third-order valence-electron chi connectivity index (χ3n) is 4.12. The maximum absolute atomic E-state index is 12.5. The minimum Gasteiger partial charge on any atom is -0.492 e. The van der Waals surface area contributed by atoms with Crippen molar-refractivity contribution in [3.05, 3.63) is 47.3 Å². The summed E-state index contributed by atoms with van der Waals surface area (Å²) in [5.41, 5.74) is 1.21. The van der Waals surface area contributed by atoms with Gasteiger partial charge in [-0.3, -0.25) is 4.90 Å². The summed E-state index contributed by atoms with van der Waals surface area (Å²) >= 11 is 1.27. The molecular weight excluding hydrogens is 344 g/mol. The van der Waals surface area contributed by atoms with Gasteiger partial charge in [0.15, 0.2) is 0 Å². The number of piperazine rings is 1. The van der Waals surface area contributed by atoms with Crippen molar-refractivity contribution in [3.8, 4) is 5.75 Å². The fourth-order valence-corrected chi connectivity index (χ4v) is 5.22. The topological polar surface area (TPSA) is 49.9 Å². The predicted octanol–water partition coefficient (Wildman–Crippen LogP) is 2.44. The Hall–Kier alpha value is -1.41. The van der Waals surface area contributed by atoms with Crippen molar-refractivity contribution < 1.29 is 13.2 Å². The predicted molar refractivity (Wildman–Crippen MR) is 96.2 cm³/mol. The second kappa shape index (κ2) is 7.65. The monoisotopic (exact) mass is 366 g/mol. The van der Waals surface area contributed by atoms with Crippen molar-refractivity contribution in [2.45, 2.75) is 11.1 Å². The van der Waals surface area contributed by atoms with E-state index >= 15 is 0 Å². The third kappa shape index (κ3) is 4.16. The van der Waals surface area contributed by atoms with Gasteiger partial charge < -0.3 is 4.74 Å². The summed E-state index contributed by atoms with van der Waals surface area (Å²) in [4.78, 5) is 2.24.